The number of hydrogen-bond acceptors (Lipinski definition) is 4. The Balaban J connectivity index is 2.31. The molecule has 1 aliphatic rings. The van der Waals surface area contributed by atoms with Crippen molar-refractivity contribution in [1.29, 1.82) is 0 Å². The Bertz CT molecular complexity index is 389. The molecule has 1 saturated heterocycles. The molecule has 1 aromatic rings. The molecular formula is C14H22N2O2. The van der Waals surface area contributed by atoms with E-state index in [2.05, 4.69) is 23.3 Å². The quantitative estimate of drug-likeness (QED) is 0.885. The minimum Gasteiger partial charge on any atom is -0.381 e. The first-order valence-electron chi connectivity index (χ1n) is 6.43. The van der Waals surface area contributed by atoms with Gasteiger partial charge in [-0.1, -0.05) is 6.07 Å². The van der Waals surface area contributed by atoms with Gasteiger partial charge in [-0.2, -0.15) is 0 Å². The number of nitrogens with zero attached hydrogens (tertiary/aromatic N) is 1. The first-order valence-corrected chi connectivity index (χ1v) is 6.43. The molecule has 0 saturated carbocycles. The molecule has 4 heteroatoms. The maximum atomic E-state index is 5.86. The lowest BCUT2D eigenvalue weighted by Gasteiger charge is -2.42. The van der Waals surface area contributed by atoms with Gasteiger partial charge in [0.2, 0.25) is 0 Å². The van der Waals surface area contributed by atoms with Gasteiger partial charge < -0.3 is 14.8 Å². The minimum atomic E-state index is -0.192. The summed E-state index contributed by atoms with van der Waals surface area (Å²) in [6.45, 7) is 3.57. The van der Waals surface area contributed by atoms with Crippen LogP contribution in [0.2, 0.25) is 0 Å². The summed E-state index contributed by atoms with van der Waals surface area (Å²) < 4.78 is 11.3. The summed E-state index contributed by atoms with van der Waals surface area (Å²) in [5, 5.41) is 3.39. The molecular weight excluding hydrogens is 228 g/mol. The molecule has 2 heterocycles. The van der Waals surface area contributed by atoms with E-state index in [9.17, 15) is 0 Å². The largest absolute Gasteiger partial charge is 0.381 e. The Labute approximate surface area is 109 Å². The second kappa shape index (κ2) is 5.78. The lowest BCUT2D eigenvalue weighted by Crippen LogP contribution is -2.48. The average molecular weight is 250 g/mol. The fourth-order valence-electron chi connectivity index (χ4n) is 2.80. The topological polar surface area (TPSA) is 43.4 Å². The summed E-state index contributed by atoms with van der Waals surface area (Å²) in [5.74, 6) is 0. The lowest BCUT2D eigenvalue weighted by atomic mass is 9.82. The van der Waals surface area contributed by atoms with Crippen LogP contribution < -0.4 is 5.32 Å². The molecule has 1 aromatic heterocycles. The molecule has 2 rings (SSSR count). The molecule has 1 fully saturated rings. The summed E-state index contributed by atoms with van der Waals surface area (Å²) in [6, 6.07) is 2.32. The molecule has 1 aliphatic heterocycles. The highest BCUT2D eigenvalue weighted by molar-refractivity contribution is 5.23. The lowest BCUT2D eigenvalue weighted by molar-refractivity contribution is -0.110. The van der Waals surface area contributed by atoms with Crippen LogP contribution in [-0.2, 0) is 9.47 Å². The van der Waals surface area contributed by atoms with Gasteiger partial charge in [0.05, 0.1) is 11.6 Å². The van der Waals surface area contributed by atoms with E-state index in [1.54, 1.807) is 7.11 Å². The third-order valence-electron chi connectivity index (χ3n) is 3.79. The van der Waals surface area contributed by atoms with E-state index >= 15 is 0 Å². The molecule has 0 spiro atoms. The highest BCUT2D eigenvalue weighted by Gasteiger charge is 2.40. The summed E-state index contributed by atoms with van der Waals surface area (Å²) in [6.07, 6.45) is 5.61. The van der Waals surface area contributed by atoms with Crippen molar-refractivity contribution in [1.82, 2.24) is 10.3 Å². The Morgan fingerprint density at radius 3 is 2.67 bits per heavy atom. The summed E-state index contributed by atoms with van der Waals surface area (Å²) in [4.78, 5) is 4.29. The van der Waals surface area contributed by atoms with Crippen LogP contribution in [0.3, 0.4) is 0 Å². The van der Waals surface area contributed by atoms with Crippen LogP contribution >= 0.6 is 0 Å². The first kappa shape index (κ1) is 13.5. The van der Waals surface area contributed by atoms with Gasteiger partial charge in [0.1, 0.15) is 0 Å². The molecule has 1 atom stereocenters. The Morgan fingerprint density at radius 2 is 2.11 bits per heavy atom. The number of aromatic nitrogens is 1. The predicted octanol–water partition coefficient (Wildman–Crippen LogP) is 1.85. The van der Waals surface area contributed by atoms with Crippen molar-refractivity contribution in [2.75, 3.05) is 27.4 Å². The second-order valence-corrected chi connectivity index (χ2v) is 4.90. The standard InChI is InChI=1S/C14H22N2O2/c1-11-8-12(10-16-9-11)13(15-2)14(17-3)4-6-18-7-5-14/h8-10,13,15H,4-7H2,1-3H3. The number of rotatable bonds is 4. The highest BCUT2D eigenvalue weighted by atomic mass is 16.5. The fourth-order valence-corrected chi connectivity index (χ4v) is 2.80. The van der Waals surface area contributed by atoms with E-state index in [0.29, 0.717) is 0 Å². The van der Waals surface area contributed by atoms with E-state index in [-0.39, 0.29) is 11.6 Å². The van der Waals surface area contributed by atoms with Crippen molar-refractivity contribution in [2.45, 2.75) is 31.4 Å². The van der Waals surface area contributed by atoms with Crippen molar-refractivity contribution in [2.24, 2.45) is 0 Å². The Hall–Kier alpha value is -0.970. The third kappa shape index (κ3) is 2.55. The summed E-state index contributed by atoms with van der Waals surface area (Å²) >= 11 is 0. The van der Waals surface area contributed by atoms with E-state index in [0.717, 1.165) is 26.1 Å². The number of ether oxygens (including phenoxy) is 2. The van der Waals surface area contributed by atoms with Gasteiger partial charge in [-0.05, 0) is 25.1 Å². The maximum absolute atomic E-state index is 5.86. The van der Waals surface area contributed by atoms with Gasteiger partial charge in [0, 0.05) is 45.6 Å². The zero-order valence-electron chi connectivity index (χ0n) is 11.4. The molecule has 1 unspecified atom stereocenters. The van der Waals surface area contributed by atoms with Crippen molar-refractivity contribution in [3.63, 3.8) is 0 Å². The van der Waals surface area contributed by atoms with Gasteiger partial charge >= 0.3 is 0 Å². The Kier molecular flexibility index (Phi) is 4.32. The van der Waals surface area contributed by atoms with Crippen LogP contribution in [0.1, 0.15) is 30.0 Å². The zero-order chi connectivity index (χ0) is 13.0. The number of aryl methyl sites for hydroxylation is 1. The third-order valence-corrected chi connectivity index (χ3v) is 3.79. The normalized spacial score (nSPS) is 20.6. The van der Waals surface area contributed by atoms with Crippen molar-refractivity contribution in [3.8, 4) is 0 Å². The minimum absolute atomic E-state index is 0.152. The van der Waals surface area contributed by atoms with E-state index in [1.807, 2.05) is 19.4 Å². The van der Waals surface area contributed by atoms with Gasteiger partial charge in [0.15, 0.2) is 0 Å². The van der Waals surface area contributed by atoms with Crippen LogP contribution in [0.25, 0.3) is 0 Å². The van der Waals surface area contributed by atoms with Crippen molar-refractivity contribution in [3.05, 3.63) is 29.6 Å². The number of pyridine rings is 1. The smallest absolute Gasteiger partial charge is 0.0916 e. The highest BCUT2D eigenvalue weighted by Crippen LogP contribution is 2.37. The summed E-state index contributed by atoms with van der Waals surface area (Å²) in [5.41, 5.74) is 2.16. The monoisotopic (exact) mass is 250 g/mol. The van der Waals surface area contributed by atoms with Crippen LogP contribution in [0, 0.1) is 6.92 Å². The first-order chi connectivity index (χ1) is 8.72. The van der Waals surface area contributed by atoms with E-state index in [4.69, 9.17) is 9.47 Å². The molecule has 0 amide bonds. The molecule has 18 heavy (non-hydrogen) atoms. The van der Waals surface area contributed by atoms with Gasteiger partial charge in [-0.25, -0.2) is 0 Å². The van der Waals surface area contributed by atoms with E-state index < -0.39 is 0 Å². The average Bonchev–Trinajstić information content (AvgIpc) is 2.41. The van der Waals surface area contributed by atoms with Crippen LogP contribution in [0.15, 0.2) is 18.5 Å². The number of methoxy groups -OCH3 is 1. The van der Waals surface area contributed by atoms with Crippen molar-refractivity contribution < 1.29 is 9.47 Å². The SMILES string of the molecule is CNC(c1cncc(C)c1)C1(OC)CCOCC1. The zero-order valence-corrected chi connectivity index (χ0v) is 11.4. The molecule has 0 radical (unpaired) electrons. The van der Waals surface area contributed by atoms with Gasteiger partial charge in [-0.15, -0.1) is 0 Å². The molecule has 0 bridgehead atoms. The predicted molar refractivity (Wildman–Crippen MR) is 70.6 cm³/mol. The number of nitrogens with one attached hydrogen (secondary N) is 1. The molecule has 0 aliphatic carbocycles. The van der Waals surface area contributed by atoms with Gasteiger partial charge in [-0.3, -0.25) is 4.98 Å². The summed E-state index contributed by atoms with van der Waals surface area (Å²) in [7, 11) is 3.77. The van der Waals surface area contributed by atoms with Crippen LogP contribution in [0.5, 0.6) is 0 Å². The maximum Gasteiger partial charge on any atom is 0.0916 e. The Morgan fingerprint density at radius 1 is 1.39 bits per heavy atom. The van der Waals surface area contributed by atoms with E-state index in [1.165, 1.54) is 11.1 Å². The van der Waals surface area contributed by atoms with Crippen LogP contribution in [-0.4, -0.2) is 38.0 Å². The molecule has 4 nitrogen and oxygen atoms in total. The van der Waals surface area contributed by atoms with Crippen LogP contribution in [0.4, 0.5) is 0 Å². The fraction of sp³-hybridized carbons (Fsp3) is 0.643. The van der Waals surface area contributed by atoms with Crippen molar-refractivity contribution >= 4 is 0 Å². The molecule has 1 N–H and O–H groups in total. The van der Waals surface area contributed by atoms with Gasteiger partial charge in [0.25, 0.3) is 0 Å². The second-order valence-electron chi connectivity index (χ2n) is 4.90. The number of hydrogen-bond donors (Lipinski definition) is 1. The number of likely N-dealkylation sites (N-methyl/N-ethyl adjacent to an activating group) is 1. The molecule has 0 aromatic carbocycles. The molecule has 100 valence electrons.